The van der Waals surface area contributed by atoms with Gasteiger partial charge in [0.05, 0.1) is 12.5 Å². The molecule has 8 nitrogen and oxygen atoms in total. The van der Waals surface area contributed by atoms with Gasteiger partial charge >= 0.3 is 11.9 Å². The van der Waals surface area contributed by atoms with Gasteiger partial charge in [0.2, 0.25) is 0 Å². The van der Waals surface area contributed by atoms with Crippen molar-refractivity contribution < 1.29 is 19.8 Å². The Kier molecular flexibility index (Phi) is 12.5. The Morgan fingerprint density at radius 1 is 1.11 bits per heavy atom. The predicted molar refractivity (Wildman–Crippen MR) is 111 cm³/mol. The average Bonchev–Trinajstić information content (AvgIpc) is 2.61. The summed E-state index contributed by atoms with van der Waals surface area (Å²) in [6.07, 6.45) is 2.14. The predicted octanol–water partition coefficient (Wildman–Crippen LogP) is 1.78. The number of hydrogen-bond acceptors (Lipinski definition) is 5. The summed E-state index contributed by atoms with van der Waals surface area (Å²) >= 11 is 0. The molecule has 0 heterocycles. The number of nitrogens with one attached hydrogen (secondary N) is 2. The summed E-state index contributed by atoms with van der Waals surface area (Å²) in [7, 11) is 0. The molecule has 1 aromatic carbocycles. The molecule has 0 amide bonds. The lowest BCUT2D eigenvalue weighted by atomic mass is 9.97. The van der Waals surface area contributed by atoms with Crippen molar-refractivity contribution in [3.8, 4) is 0 Å². The fourth-order valence-corrected chi connectivity index (χ4v) is 2.35. The molecule has 0 radical (unpaired) electrons. The summed E-state index contributed by atoms with van der Waals surface area (Å²) in [5, 5.41) is 27.0. The lowest BCUT2D eigenvalue weighted by Crippen LogP contribution is -2.32. The van der Waals surface area contributed by atoms with Crippen LogP contribution in [0.3, 0.4) is 0 Å². The second kappa shape index (κ2) is 13.7. The van der Waals surface area contributed by atoms with E-state index in [-0.39, 0.29) is 5.84 Å². The van der Waals surface area contributed by atoms with E-state index in [4.69, 9.17) is 27.1 Å². The molecule has 28 heavy (non-hydrogen) atoms. The normalized spacial score (nSPS) is 12.6. The first-order chi connectivity index (χ1) is 13.0. The number of amidine groups is 1. The second-order valence-corrected chi connectivity index (χ2v) is 7.19. The van der Waals surface area contributed by atoms with E-state index in [0.717, 1.165) is 12.0 Å². The first-order valence-corrected chi connectivity index (χ1v) is 9.38. The maximum Gasteiger partial charge on any atom is 0.320 e. The molecule has 0 aliphatic heterocycles. The fourth-order valence-electron chi connectivity index (χ4n) is 2.35. The molecule has 1 rings (SSSR count). The van der Waals surface area contributed by atoms with Gasteiger partial charge in [-0.1, -0.05) is 38.1 Å². The number of benzene rings is 1. The van der Waals surface area contributed by atoms with Crippen LogP contribution in [0.5, 0.6) is 0 Å². The van der Waals surface area contributed by atoms with Crippen molar-refractivity contribution in [2.24, 2.45) is 17.4 Å². The van der Waals surface area contributed by atoms with Crippen LogP contribution in [0.2, 0.25) is 0 Å². The zero-order valence-corrected chi connectivity index (χ0v) is 16.9. The zero-order valence-electron chi connectivity index (χ0n) is 16.9. The number of carbonyl (C=O) groups is 2. The average molecular weight is 395 g/mol. The van der Waals surface area contributed by atoms with Gasteiger partial charge in [0.1, 0.15) is 11.9 Å². The number of carboxylic acids is 2. The monoisotopic (exact) mass is 394 g/mol. The van der Waals surface area contributed by atoms with Gasteiger partial charge in [-0.25, -0.2) is 0 Å². The van der Waals surface area contributed by atoms with E-state index in [2.05, 4.69) is 19.2 Å². The van der Waals surface area contributed by atoms with Gasteiger partial charge in [0, 0.05) is 0 Å². The van der Waals surface area contributed by atoms with Crippen molar-refractivity contribution in [2.75, 3.05) is 13.1 Å². The molecule has 0 fully saturated rings. The Morgan fingerprint density at radius 3 is 2.11 bits per heavy atom. The highest BCUT2D eigenvalue weighted by atomic mass is 16.4. The van der Waals surface area contributed by atoms with Crippen molar-refractivity contribution in [2.45, 2.75) is 52.0 Å². The Labute approximate surface area is 166 Å². The van der Waals surface area contributed by atoms with E-state index in [9.17, 15) is 9.59 Å². The van der Waals surface area contributed by atoms with Crippen LogP contribution in [0, 0.1) is 11.3 Å². The van der Waals surface area contributed by atoms with E-state index >= 15 is 0 Å². The topological polar surface area (TPSA) is 163 Å². The third kappa shape index (κ3) is 12.0. The van der Waals surface area contributed by atoms with Crippen LogP contribution in [0.1, 0.15) is 50.7 Å². The largest absolute Gasteiger partial charge is 0.481 e. The van der Waals surface area contributed by atoms with Crippen LogP contribution in [0.25, 0.3) is 0 Å². The number of hydrogen-bond donors (Lipinski definition) is 6. The first kappa shape index (κ1) is 25.6. The summed E-state index contributed by atoms with van der Waals surface area (Å²) in [5.74, 6) is -1.47. The maximum atomic E-state index is 10.8. The minimum absolute atomic E-state index is 0.0718. The number of carboxylic acid groups (broad SMARTS) is 2. The van der Waals surface area contributed by atoms with Gasteiger partial charge in [-0.2, -0.15) is 0 Å². The Hall–Kier alpha value is -2.45. The van der Waals surface area contributed by atoms with Crippen LogP contribution < -0.4 is 16.8 Å². The molecule has 8 heteroatoms. The highest BCUT2D eigenvalue weighted by Gasteiger charge is 2.13. The van der Waals surface area contributed by atoms with Crippen molar-refractivity contribution >= 4 is 17.8 Å². The number of nitrogens with two attached hydrogens (primary N) is 2. The third-order valence-corrected chi connectivity index (χ3v) is 4.00. The fraction of sp³-hybridized carbons (Fsp3) is 0.550. The summed E-state index contributed by atoms with van der Waals surface area (Å²) < 4.78 is 0. The van der Waals surface area contributed by atoms with E-state index in [1.165, 1.54) is 5.56 Å². The van der Waals surface area contributed by atoms with E-state index in [1.54, 1.807) is 6.92 Å². The Morgan fingerprint density at radius 2 is 1.68 bits per heavy atom. The molecular weight excluding hydrogens is 360 g/mol. The quantitative estimate of drug-likeness (QED) is 0.189. The van der Waals surface area contributed by atoms with E-state index in [1.807, 2.05) is 24.3 Å². The number of aliphatic carboxylic acids is 2. The van der Waals surface area contributed by atoms with Crippen molar-refractivity contribution in [3.63, 3.8) is 0 Å². The van der Waals surface area contributed by atoms with Crippen molar-refractivity contribution in [3.05, 3.63) is 35.4 Å². The van der Waals surface area contributed by atoms with E-state index in [0.29, 0.717) is 31.8 Å². The summed E-state index contributed by atoms with van der Waals surface area (Å²) in [6, 6.07) is 7.08. The zero-order chi connectivity index (χ0) is 21.7. The molecule has 0 saturated carbocycles. The van der Waals surface area contributed by atoms with Crippen LogP contribution >= 0.6 is 0 Å². The van der Waals surface area contributed by atoms with Crippen LogP contribution in [0.15, 0.2) is 24.3 Å². The van der Waals surface area contributed by atoms with Crippen molar-refractivity contribution in [1.29, 1.82) is 5.41 Å². The van der Waals surface area contributed by atoms with Gasteiger partial charge in [0.15, 0.2) is 0 Å². The van der Waals surface area contributed by atoms with Gasteiger partial charge in [-0.3, -0.25) is 15.0 Å². The van der Waals surface area contributed by atoms with E-state index < -0.39 is 23.9 Å². The highest BCUT2D eigenvalue weighted by molar-refractivity contribution is 5.78. The molecule has 0 spiro atoms. The maximum absolute atomic E-state index is 10.8. The van der Waals surface area contributed by atoms with Crippen molar-refractivity contribution in [1.82, 2.24) is 5.32 Å². The smallest absolute Gasteiger partial charge is 0.320 e. The first-order valence-electron chi connectivity index (χ1n) is 9.38. The highest BCUT2D eigenvalue weighted by Crippen LogP contribution is 2.17. The molecule has 2 unspecified atom stereocenters. The minimum Gasteiger partial charge on any atom is -0.481 e. The summed E-state index contributed by atoms with van der Waals surface area (Å²) in [6.45, 7) is 7.02. The Bertz CT molecular complexity index is 617. The molecule has 8 N–H and O–H groups in total. The molecule has 158 valence electrons. The lowest BCUT2D eigenvalue weighted by Gasteiger charge is -2.09. The van der Waals surface area contributed by atoms with Crippen LogP contribution in [0.4, 0.5) is 0 Å². The molecule has 0 aliphatic rings. The summed E-state index contributed by atoms with van der Waals surface area (Å²) in [5.41, 5.74) is 12.5. The van der Waals surface area contributed by atoms with Gasteiger partial charge in [-0.05, 0) is 49.8 Å². The number of rotatable bonds is 11. The van der Waals surface area contributed by atoms with Gasteiger partial charge < -0.3 is 27.0 Å². The third-order valence-electron chi connectivity index (χ3n) is 4.00. The molecule has 0 aliphatic carbocycles. The lowest BCUT2D eigenvalue weighted by molar-refractivity contribution is -0.139. The summed E-state index contributed by atoms with van der Waals surface area (Å²) in [4.78, 5) is 21.0. The minimum atomic E-state index is -0.980. The van der Waals surface area contributed by atoms with Crippen LogP contribution in [-0.2, 0) is 16.0 Å². The van der Waals surface area contributed by atoms with Gasteiger partial charge in [-0.15, -0.1) is 0 Å². The molecular formula is C20H34N4O4. The second-order valence-electron chi connectivity index (χ2n) is 7.19. The SMILES string of the molecule is CC(C)Cc1ccc(C(C)C(=O)O)cc1.N=C(N)CNCCCC(N)C(=O)O. The molecule has 0 saturated heterocycles. The van der Waals surface area contributed by atoms with Gasteiger partial charge in [0.25, 0.3) is 0 Å². The molecule has 2 atom stereocenters. The Balaban J connectivity index is 0.000000528. The van der Waals surface area contributed by atoms with Crippen LogP contribution in [-0.4, -0.2) is 47.1 Å². The standard InChI is InChI=1S/C13H18O2.C7H16N4O2/c1-9(2)8-11-4-6-12(7-5-11)10(3)13(14)15;8-5(7(12)13)2-1-3-11-4-6(9)10/h4-7,9-10H,8H2,1-3H3,(H,14,15);5,11H,1-4,8H2,(H3,9,10)(H,12,13). The molecule has 1 aromatic rings. The molecule has 0 bridgehead atoms. The molecule has 0 aromatic heterocycles.